The lowest BCUT2D eigenvalue weighted by Gasteiger charge is -2.21. The van der Waals surface area contributed by atoms with Crippen molar-refractivity contribution in [2.75, 3.05) is 39.6 Å². The molecule has 0 saturated heterocycles. The summed E-state index contributed by atoms with van der Waals surface area (Å²) in [6.07, 6.45) is 60.8. The second kappa shape index (κ2) is 59.1. The van der Waals surface area contributed by atoms with E-state index in [0.29, 0.717) is 19.3 Å². The van der Waals surface area contributed by atoms with Crippen LogP contribution in [0.5, 0.6) is 0 Å². The fourth-order valence-corrected chi connectivity index (χ4v) is 9.74. The van der Waals surface area contributed by atoms with Gasteiger partial charge in [-0.25, -0.2) is 9.13 Å². The average Bonchev–Trinajstić information content (AvgIpc) is 3.47. The molecule has 0 aliphatic carbocycles. The third-order valence-electron chi connectivity index (χ3n) is 13.1. The first-order valence-electron chi connectivity index (χ1n) is 31.9. The quantitative estimate of drug-likeness (QED) is 0.0146. The molecule has 83 heavy (non-hydrogen) atoms. The lowest BCUT2D eigenvalue weighted by atomic mass is 10.1. The van der Waals surface area contributed by atoms with E-state index < -0.39 is 91.5 Å². The van der Waals surface area contributed by atoms with E-state index in [9.17, 15) is 43.5 Å². The molecule has 0 fully saturated rings. The predicted molar refractivity (Wildman–Crippen MR) is 334 cm³/mol. The minimum atomic E-state index is -4.92. The van der Waals surface area contributed by atoms with Crippen molar-refractivity contribution in [3.63, 3.8) is 0 Å². The third-order valence-corrected chi connectivity index (χ3v) is 15.0. The van der Waals surface area contributed by atoms with Crippen LogP contribution in [0.15, 0.2) is 85.1 Å². The summed E-state index contributed by atoms with van der Waals surface area (Å²) in [6.45, 7) is 2.44. The van der Waals surface area contributed by atoms with Gasteiger partial charge in [-0.3, -0.25) is 32.5 Å². The summed E-state index contributed by atoms with van der Waals surface area (Å²) in [7, 11) is -9.77. The Labute approximate surface area is 502 Å². The zero-order valence-electron chi connectivity index (χ0n) is 51.6. The van der Waals surface area contributed by atoms with Gasteiger partial charge in [-0.2, -0.15) is 0 Å². The van der Waals surface area contributed by atoms with Crippen LogP contribution in [0.1, 0.15) is 252 Å². The van der Waals surface area contributed by atoms with Gasteiger partial charge < -0.3 is 34.2 Å². The standard InChI is InChI=1S/C65H114O16P2/c1-4-7-10-13-16-19-22-24-26-28-29-31-33-34-37-39-42-45-48-51-63(68)75-54-60(66)55-77-82(71,72)78-56-61(67)57-79-83(73,74)80-59-62(81-65(70)53-50-47-44-41-36-21-18-15-12-9-6-3)58-76-64(69)52-49-46-43-40-38-35-32-30-27-25-23-20-17-14-11-8-5-2/h8,11,15-20,24-27,29,31,60-62,66-67H,4-7,9-10,12-14,21-23,28,30,32-59H2,1-3H3,(H,71,72)(H,73,74)/b11-8-,18-15-,19-16-,20-17-,26-24-,27-25-,31-29-. The van der Waals surface area contributed by atoms with Crippen molar-refractivity contribution >= 4 is 33.6 Å². The van der Waals surface area contributed by atoms with Gasteiger partial charge in [0.05, 0.1) is 26.4 Å². The molecule has 0 amide bonds. The number of allylic oxidation sites excluding steroid dienone is 14. The summed E-state index contributed by atoms with van der Waals surface area (Å²) in [6, 6.07) is 0. The van der Waals surface area contributed by atoms with Gasteiger partial charge in [0.25, 0.3) is 0 Å². The van der Waals surface area contributed by atoms with Crippen LogP contribution < -0.4 is 0 Å². The van der Waals surface area contributed by atoms with Gasteiger partial charge in [0.2, 0.25) is 0 Å². The summed E-state index contributed by atoms with van der Waals surface area (Å²) in [5.74, 6) is -1.61. The largest absolute Gasteiger partial charge is 0.472 e. The fraction of sp³-hybridized carbons (Fsp3) is 0.738. The highest BCUT2D eigenvalue weighted by Gasteiger charge is 2.29. The molecule has 18 heteroatoms. The molecular formula is C65H114O16P2. The fourth-order valence-electron chi connectivity index (χ4n) is 8.16. The number of phosphoric acid groups is 2. The van der Waals surface area contributed by atoms with Crippen molar-refractivity contribution in [3.05, 3.63) is 85.1 Å². The monoisotopic (exact) mass is 1210 g/mol. The van der Waals surface area contributed by atoms with Gasteiger partial charge in [-0.05, 0) is 109 Å². The van der Waals surface area contributed by atoms with Gasteiger partial charge in [0.1, 0.15) is 25.4 Å². The van der Waals surface area contributed by atoms with Crippen LogP contribution in [0.3, 0.4) is 0 Å². The number of carbonyl (C=O) groups is 3. The minimum absolute atomic E-state index is 0.0913. The van der Waals surface area contributed by atoms with E-state index in [4.69, 9.17) is 32.3 Å². The maximum atomic E-state index is 12.8. The topological polar surface area (TPSA) is 231 Å². The van der Waals surface area contributed by atoms with Crippen LogP contribution >= 0.6 is 15.6 Å². The molecule has 5 atom stereocenters. The minimum Gasteiger partial charge on any atom is -0.463 e. The molecule has 0 rings (SSSR count). The molecule has 0 aromatic rings. The zero-order chi connectivity index (χ0) is 61.0. The number of aliphatic hydroxyl groups is 2. The van der Waals surface area contributed by atoms with E-state index >= 15 is 0 Å². The smallest absolute Gasteiger partial charge is 0.463 e. The molecule has 0 spiro atoms. The van der Waals surface area contributed by atoms with E-state index in [2.05, 4.69) is 106 Å². The number of carbonyl (C=O) groups excluding carboxylic acids is 3. The molecule has 16 nitrogen and oxygen atoms in total. The van der Waals surface area contributed by atoms with Crippen LogP contribution in [-0.2, 0) is 55.8 Å². The molecule has 0 aromatic carbocycles. The first-order valence-corrected chi connectivity index (χ1v) is 34.9. The second-order valence-electron chi connectivity index (χ2n) is 21.2. The number of phosphoric ester groups is 2. The number of hydrogen-bond acceptors (Lipinski definition) is 14. The molecule has 0 aliphatic heterocycles. The predicted octanol–water partition coefficient (Wildman–Crippen LogP) is 17.0. The SMILES string of the molecule is CC/C=C\C/C=C\C/C=C\CCCCCCCCCC(=O)OCC(COP(=O)(O)OCC(O)COP(=O)(O)OCC(O)COC(=O)CCCCCCCC/C=C\C/C=C\C/C=C\CCCCC)OC(=O)CCCCCCC/C=C\CCCC. The first-order chi connectivity index (χ1) is 40.2. The molecule has 4 N–H and O–H groups in total. The van der Waals surface area contributed by atoms with E-state index in [1.165, 1.54) is 38.5 Å². The summed E-state index contributed by atoms with van der Waals surface area (Å²) in [4.78, 5) is 58.1. The maximum absolute atomic E-state index is 12.8. The molecule has 0 heterocycles. The Morgan fingerprint density at radius 2 is 0.651 bits per heavy atom. The first kappa shape index (κ1) is 79.7. The number of esters is 3. The Bertz CT molecular complexity index is 1860. The van der Waals surface area contributed by atoms with Crippen LogP contribution in [0, 0.1) is 0 Å². The van der Waals surface area contributed by atoms with Gasteiger partial charge in [-0.1, -0.05) is 209 Å². The number of ether oxygens (including phenoxy) is 3. The zero-order valence-corrected chi connectivity index (χ0v) is 53.4. The average molecular weight is 1210 g/mol. The molecule has 0 aliphatic rings. The van der Waals surface area contributed by atoms with Gasteiger partial charge >= 0.3 is 33.6 Å². The third kappa shape index (κ3) is 60.2. The highest BCUT2D eigenvalue weighted by molar-refractivity contribution is 7.47. The normalized spacial score (nSPS) is 14.9. The van der Waals surface area contributed by atoms with Gasteiger partial charge in [0, 0.05) is 19.3 Å². The molecule has 0 saturated carbocycles. The maximum Gasteiger partial charge on any atom is 0.472 e. The molecule has 5 unspecified atom stereocenters. The highest BCUT2D eigenvalue weighted by Crippen LogP contribution is 2.45. The second-order valence-corrected chi connectivity index (χ2v) is 24.1. The number of hydrogen-bond donors (Lipinski definition) is 4. The Morgan fingerprint density at radius 1 is 0.349 bits per heavy atom. The number of unbranched alkanes of at least 4 members (excludes halogenated alkanes) is 23. The van der Waals surface area contributed by atoms with Crippen LogP contribution in [-0.4, -0.2) is 95.9 Å². The molecule has 0 bridgehead atoms. The van der Waals surface area contributed by atoms with E-state index in [-0.39, 0.29) is 19.3 Å². The summed E-state index contributed by atoms with van der Waals surface area (Å²) >= 11 is 0. The Morgan fingerprint density at radius 3 is 1.06 bits per heavy atom. The van der Waals surface area contributed by atoms with Crippen LogP contribution in [0.4, 0.5) is 0 Å². The lowest BCUT2D eigenvalue weighted by Crippen LogP contribution is -2.30. The van der Waals surface area contributed by atoms with Crippen LogP contribution in [0.2, 0.25) is 0 Å². The van der Waals surface area contributed by atoms with E-state index in [0.717, 1.165) is 154 Å². The van der Waals surface area contributed by atoms with Crippen molar-refractivity contribution in [2.45, 2.75) is 270 Å². The van der Waals surface area contributed by atoms with Crippen molar-refractivity contribution in [1.82, 2.24) is 0 Å². The summed E-state index contributed by atoms with van der Waals surface area (Å²) in [5.41, 5.74) is 0. The molecule has 480 valence electrons. The lowest BCUT2D eigenvalue weighted by molar-refractivity contribution is -0.161. The number of aliphatic hydroxyl groups excluding tert-OH is 2. The summed E-state index contributed by atoms with van der Waals surface area (Å²) in [5, 5.41) is 20.5. The molecular weight excluding hydrogens is 1100 g/mol. The molecule has 0 radical (unpaired) electrons. The van der Waals surface area contributed by atoms with Crippen molar-refractivity contribution in [3.8, 4) is 0 Å². The Hall–Kier alpha value is -3.27. The number of rotatable bonds is 60. The van der Waals surface area contributed by atoms with Crippen LogP contribution in [0.25, 0.3) is 0 Å². The van der Waals surface area contributed by atoms with Crippen molar-refractivity contribution in [2.24, 2.45) is 0 Å². The summed E-state index contributed by atoms with van der Waals surface area (Å²) < 4.78 is 60.7. The van der Waals surface area contributed by atoms with Crippen molar-refractivity contribution in [1.29, 1.82) is 0 Å². The highest BCUT2D eigenvalue weighted by atomic mass is 31.2. The van der Waals surface area contributed by atoms with E-state index in [1.807, 2.05) is 0 Å². The Balaban J connectivity index is 4.62. The van der Waals surface area contributed by atoms with E-state index in [1.54, 1.807) is 0 Å². The Kier molecular flexibility index (Phi) is 56.8. The van der Waals surface area contributed by atoms with Crippen molar-refractivity contribution < 1.29 is 75.8 Å². The van der Waals surface area contributed by atoms with Gasteiger partial charge in [-0.15, -0.1) is 0 Å². The van der Waals surface area contributed by atoms with Gasteiger partial charge in [0.15, 0.2) is 6.10 Å². The molecule has 0 aromatic heterocycles.